The van der Waals surface area contributed by atoms with Crippen LogP contribution in [0.3, 0.4) is 0 Å². The summed E-state index contributed by atoms with van der Waals surface area (Å²) in [6, 6.07) is 0. The molecule has 4 nitrogen and oxygen atoms in total. The minimum Gasteiger partial charge on any atom is -0.481 e. The SMILES string of the molecule is CCCCCC(=O)/C=C/C1CCC(=O)C1C/C=C/CCC(=O)O. The topological polar surface area (TPSA) is 71.4 Å². The molecular formula is C19H28O4. The number of ketones is 2. The molecule has 1 rings (SSSR count). The number of carbonyl (C=O) groups is 3. The predicted molar refractivity (Wildman–Crippen MR) is 90.1 cm³/mol. The fourth-order valence-electron chi connectivity index (χ4n) is 2.90. The lowest BCUT2D eigenvalue weighted by atomic mass is 9.91. The van der Waals surface area contributed by atoms with E-state index in [0.717, 1.165) is 25.7 Å². The number of rotatable bonds is 11. The number of aliphatic carboxylic acids is 1. The molecule has 1 saturated carbocycles. The fourth-order valence-corrected chi connectivity index (χ4v) is 2.90. The van der Waals surface area contributed by atoms with E-state index in [0.29, 0.717) is 25.7 Å². The van der Waals surface area contributed by atoms with Crippen LogP contribution in [0.2, 0.25) is 0 Å². The molecule has 0 saturated heterocycles. The lowest BCUT2D eigenvalue weighted by Crippen LogP contribution is -2.12. The molecule has 128 valence electrons. The first-order valence-electron chi connectivity index (χ1n) is 8.65. The number of Topliss-reactive ketones (excluding diaryl/α,β-unsaturated/α-hetero) is 1. The molecule has 0 heterocycles. The van der Waals surface area contributed by atoms with Crippen LogP contribution in [-0.2, 0) is 14.4 Å². The molecule has 4 heteroatoms. The van der Waals surface area contributed by atoms with E-state index in [4.69, 9.17) is 5.11 Å². The van der Waals surface area contributed by atoms with E-state index in [1.165, 1.54) is 0 Å². The normalized spacial score (nSPS) is 21.5. The maximum atomic E-state index is 12.0. The summed E-state index contributed by atoms with van der Waals surface area (Å²) in [5.41, 5.74) is 0. The van der Waals surface area contributed by atoms with Crippen molar-refractivity contribution in [3.63, 3.8) is 0 Å². The van der Waals surface area contributed by atoms with Crippen LogP contribution in [0.5, 0.6) is 0 Å². The highest BCUT2D eigenvalue weighted by atomic mass is 16.4. The molecule has 23 heavy (non-hydrogen) atoms. The molecule has 2 atom stereocenters. The molecule has 1 fully saturated rings. The van der Waals surface area contributed by atoms with Gasteiger partial charge in [-0.05, 0) is 37.7 Å². The summed E-state index contributed by atoms with van der Waals surface area (Å²) in [4.78, 5) is 34.2. The van der Waals surface area contributed by atoms with E-state index >= 15 is 0 Å². The molecule has 0 aromatic rings. The quantitative estimate of drug-likeness (QED) is 0.353. The number of hydrogen-bond donors (Lipinski definition) is 1. The van der Waals surface area contributed by atoms with Crippen molar-refractivity contribution in [2.75, 3.05) is 0 Å². The van der Waals surface area contributed by atoms with Crippen LogP contribution in [0.25, 0.3) is 0 Å². The molecule has 2 unspecified atom stereocenters. The molecule has 0 aromatic heterocycles. The second-order valence-corrected chi connectivity index (χ2v) is 6.20. The lowest BCUT2D eigenvalue weighted by molar-refractivity contribution is -0.137. The van der Waals surface area contributed by atoms with Crippen molar-refractivity contribution in [1.82, 2.24) is 0 Å². The van der Waals surface area contributed by atoms with Crippen molar-refractivity contribution in [1.29, 1.82) is 0 Å². The van der Waals surface area contributed by atoms with Gasteiger partial charge < -0.3 is 5.11 Å². The molecule has 0 bridgehead atoms. The number of unbranched alkanes of at least 4 members (excludes halogenated alkanes) is 2. The van der Waals surface area contributed by atoms with Crippen molar-refractivity contribution < 1.29 is 19.5 Å². The van der Waals surface area contributed by atoms with E-state index in [-0.39, 0.29) is 29.8 Å². The summed E-state index contributed by atoms with van der Waals surface area (Å²) < 4.78 is 0. The largest absolute Gasteiger partial charge is 0.481 e. The van der Waals surface area contributed by atoms with E-state index in [9.17, 15) is 14.4 Å². The summed E-state index contributed by atoms with van der Waals surface area (Å²) in [6.45, 7) is 2.11. The molecule has 0 aromatic carbocycles. The smallest absolute Gasteiger partial charge is 0.303 e. The van der Waals surface area contributed by atoms with Gasteiger partial charge in [-0.25, -0.2) is 0 Å². The Balaban J connectivity index is 2.42. The molecule has 1 aliphatic carbocycles. The third-order valence-corrected chi connectivity index (χ3v) is 4.29. The summed E-state index contributed by atoms with van der Waals surface area (Å²) in [7, 11) is 0. The monoisotopic (exact) mass is 320 g/mol. The van der Waals surface area contributed by atoms with E-state index < -0.39 is 5.97 Å². The average Bonchev–Trinajstić information content (AvgIpc) is 2.85. The minimum atomic E-state index is -0.811. The van der Waals surface area contributed by atoms with Gasteiger partial charge in [0.25, 0.3) is 0 Å². The summed E-state index contributed by atoms with van der Waals surface area (Å²) >= 11 is 0. The van der Waals surface area contributed by atoms with Crippen molar-refractivity contribution >= 4 is 17.5 Å². The van der Waals surface area contributed by atoms with E-state index in [1.807, 2.05) is 18.2 Å². The molecular weight excluding hydrogens is 292 g/mol. The van der Waals surface area contributed by atoms with Gasteiger partial charge in [-0.15, -0.1) is 0 Å². The summed E-state index contributed by atoms with van der Waals surface area (Å²) in [5.74, 6) is -0.332. The number of carbonyl (C=O) groups excluding carboxylic acids is 2. The van der Waals surface area contributed by atoms with Crippen LogP contribution in [0, 0.1) is 11.8 Å². The van der Waals surface area contributed by atoms with E-state index in [2.05, 4.69) is 6.92 Å². The maximum absolute atomic E-state index is 12.0. The molecule has 1 N–H and O–H groups in total. The number of carboxylic acids is 1. The Labute approximate surface area is 138 Å². The Morgan fingerprint density at radius 1 is 1.22 bits per heavy atom. The second kappa shape index (κ2) is 10.9. The Morgan fingerprint density at radius 2 is 2.00 bits per heavy atom. The molecule has 0 amide bonds. The second-order valence-electron chi connectivity index (χ2n) is 6.20. The van der Waals surface area contributed by atoms with Gasteiger partial charge in [-0.2, -0.15) is 0 Å². The van der Waals surface area contributed by atoms with Crippen molar-refractivity contribution in [2.24, 2.45) is 11.8 Å². The highest BCUT2D eigenvalue weighted by molar-refractivity contribution is 5.90. The third-order valence-electron chi connectivity index (χ3n) is 4.29. The van der Waals surface area contributed by atoms with Crippen LogP contribution in [-0.4, -0.2) is 22.6 Å². The average molecular weight is 320 g/mol. The van der Waals surface area contributed by atoms with Gasteiger partial charge in [-0.1, -0.05) is 38.0 Å². The number of carboxylic acid groups (broad SMARTS) is 1. The van der Waals surface area contributed by atoms with Crippen LogP contribution >= 0.6 is 0 Å². The molecule has 0 aliphatic heterocycles. The van der Waals surface area contributed by atoms with Gasteiger partial charge >= 0.3 is 5.97 Å². The standard InChI is InChI=1S/C19H28O4/c1-2-3-5-8-16(20)13-11-15-12-14-18(21)17(15)9-6-4-7-10-19(22)23/h4,6,11,13,15,17H,2-3,5,7-10,12,14H2,1H3,(H,22,23)/b6-4+,13-11+. The van der Waals surface area contributed by atoms with Crippen LogP contribution in [0.15, 0.2) is 24.3 Å². The van der Waals surface area contributed by atoms with Crippen molar-refractivity contribution in [3.05, 3.63) is 24.3 Å². The van der Waals surface area contributed by atoms with Crippen LogP contribution in [0.4, 0.5) is 0 Å². The highest BCUT2D eigenvalue weighted by Gasteiger charge is 2.31. The first-order valence-corrected chi connectivity index (χ1v) is 8.65. The van der Waals surface area contributed by atoms with Gasteiger partial charge in [0.15, 0.2) is 5.78 Å². The molecule has 0 spiro atoms. The zero-order valence-electron chi connectivity index (χ0n) is 14.0. The van der Waals surface area contributed by atoms with E-state index in [1.54, 1.807) is 6.08 Å². The molecule has 0 radical (unpaired) electrons. The lowest BCUT2D eigenvalue weighted by Gasteiger charge is -2.12. The fraction of sp³-hybridized carbons (Fsp3) is 0.632. The van der Waals surface area contributed by atoms with Gasteiger partial charge in [-0.3, -0.25) is 14.4 Å². The van der Waals surface area contributed by atoms with Crippen molar-refractivity contribution in [2.45, 2.75) is 64.7 Å². The van der Waals surface area contributed by atoms with Gasteiger partial charge in [0.1, 0.15) is 5.78 Å². The van der Waals surface area contributed by atoms with Crippen LogP contribution in [0.1, 0.15) is 64.7 Å². The summed E-state index contributed by atoms with van der Waals surface area (Å²) in [5, 5.41) is 8.58. The predicted octanol–water partition coefficient (Wildman–Crippen LogP) is 4.10. The van der Waals surface area contributed by atoms with Crippen molar-refractivity contribution in [3.8, 4) is 0 Å². The zero-order chi connectivity index (χ0) is 17.1. The maximum Gasteiger partial charge on any atom is 0.303 e. The number of hydrogen-bond acceptors (Lipinski definition) is 3. The van der Waals surface area contributed by atoms with Gasteiger partial charge in [0, 0.05) is 25.2 Å². The highest BCUT2D eigenvalue weighted by Crippen LogP contribution is 2.32. The Kier molecular flexibility index (Phi) is 9.18. The Hall–Kier alpha value is -1.71. The number of allylic oxidation sites excluding steroid dienone is 4. The minimum absolute atomic E-state index is 0.0595. The first kappa shape index (κ1) is 19.3. The Morgan fingerprint density at radius 3 is 2.70 bits per heavy atom. The van der Waals surface area contributed by atoms with Crippen LogP contribution < -0.4 is 0 Å². The zero-order valence-corrected chi connectivity index (χ0v) is 14.0. The van der Waals surface area contributed by atoms with Gasteiger partial charge in [0.2, 0.25) is 0 Å². The van der Waals surface area contributed by atoms with Gasteiger partial charge in [0.05, 0.1) is 0 Å². The Bertz CT molecular complexity index is 462. The first-order chi connectivity index (χ1) is 11.0. The summed E-state index contributed by atoms with van der Waals surface area (Å²) in [6.07, 6.45) is 13.6. The molecule has 1 aliphatic rings. The third kappa shape index (κ3) is 7.91.